The first-order valence-corrected chi connectivity index (χ1v) is 12.3. The molecular formula is C30H37NO2. The second-order valence-corrected chi connectivity index (χ2v) is 9.84. The highest BCUT2D eigenvalue weighted by Crippen LogP contribution is 2.44. The van der Waals surface area contributed by atoms with Crippen LogP contribution in [0.5, 0.6) is 5.75 Å². The van der Waals surface area contributed by atoms with Crippen LogP contribution in [-0.4, -0.2) is 41.9 Å². The molecule has 33 heavy (non-hydrogen) atoms. The van der Waals surface area contributed by atoms with Crippen molar-refractivity contribution in [3.8, 4) is 5.75 Å². The van der Waals surface area contributed by atoms with E-state index in [9.17, 15) is 10.2 Å². The van der Waals surface area contributed by atoms with Crippen LogP contribution in [0.4, 0.5) is 0 Å². The molecule has 0 saturated carbocycles. The van der Waals surface area contributed by atoms with E-state index in [1.807, 2.05) is 12.1 Å². The van der Waals surface area contributed by atoms with E-state index in [1.165, 1.54) is 35.1 Å². The van der Waals surface area contributed by atoms with Gasteiger partial charge >= 0.3 is 0 Å². The van der Waals surface area contributed by atoms with Crippen LogP contribution in [0, 0.1) is 5.41 Å². The largest absolute Gasteiger partial charge is 0.508 e. The van der Waals surface area contributed by atoms with Crippen LogP contribution in [0.3, 0.4) is 0 Å². The number of allylic oxidation sites excluding steroid dienone is 5. The maximum Gasteiger partial charge on any atom is 0.116 e. The van der Waals surface area contributed by atoms with E-state index in [4.69, 9.17) is 0 Å². The maximum atomic E-state index is 10.3. The summed E-state index contributed by atoms with van der Waals surface area (Å²) < 4.78 is 0. The van der Waals surface area contributed by atoms with Gasteiger partial charge in [0.1, 0.15) is 5.75 Å². The Labute approximate surface area is 198 Å². The third-order valence-corrected chi connectivity index (χ3v) is 7.35. The van der Waals surface area contributed by atoms with E-state index in [0.717, 1.165) is 37.9 Å². The van der Waals surface area contributed by atoms with Gasteiger partial charge in [-0.25, -0.2) is 0 Å². The fourth-order valence-electron chi connectivity index (χ4n) is 5.34. The SMILES string of the molecule is CN1CCC(c2ccc(/C(=C(/CCCO)C3(C)C=CC=CC3)c3cccc(O)c3)cc2)CC1. The average molecular weight is 444 g/mol. The zero-order valence-corrected chi connectivity index (χ0v) is 20.0. The highest BCUT2D eigenvalue weighted by atomic mass is 16.3. The molecule has 0 bridgehead atoms. The molecular weight excluding hydrogens is 406 g/mol. The van der Waals surface area contributed by atoms with Crippen molar-refractivity contribution < 1.29 is 10.2 Å². The maximum absolute atomic E-state index is 10.3. The molecule has 1 aliphatic heterocycles. The molecule has 0 radical (unpaired) electrons. The van der Waals surface area contributed by atoms with E-state index < -0.39 is 0 Å². The van der Waals surface area contributed by atoms with E-state index in [0.29, 0.717) is 5.92 Å². The summed E-state index contributed by atoms with van der Waals surface area (Å²) in [7, 11) is 2.20. The summed E-state index contributed by atoms with van der Waals surface area (Å²) in [6, 6.07) is 16.7. The van der Waals surface area contributed by atoms with Gasteiger partial charge in [0.15, 0.2) is 0 Å². The van der Waals surface area contributed by atoms with Crippen molar-refractivity contribution in [2.75, 3.05) is 26.7 Å². The van der Waals surface area contributed by atoms with Crippen molar-refractivity contribution in [2.45, 2.75) is 44.9 Å². The van der Waals surface area contributed by atoms with Gasteiger partial charge < -0.3 is 15.1 Å². The number of nitrogens with zero attached hydrogens (tertiary/aromatic N) is 1. The normalized spacial score (nSPS) is 22.4. The first kappa shape index (κ1) is 23.5. The van der Waals surface area contributed by atoms with Gasteiger partial charge in [-0.15, -0.1) is 0 Å². The molecule has 1 atom stereocenters. The first-order chi connectivity index (χ1) is 16.0. The van der Waals surface area contributed by atoms with E-state index in [2.05, 4.69) is 73.5 Å². The molecule has 0 aromatic heterocycles. The predicted octanol–water partition coefficient (Wildman–Crippen LogP) is 6.30. The molecule has 1 heterocycles. The zero-order valence-electron chi connectivity index (χ0n) is 20.0. The predicted molar refractivity (Wildman–Crippen MR) is 137 cm³/mol. The van der Waals surface area contributed by atoms with Crippen LogP contribution in [0.2, 0.25) is 0 Å². The molecule has 3 nitrogen and oxygen atoms in total. The number of hydrogen-bond acceptors (Lipinski definition) is 3. The molecule has 1 aliphatic carbocycles. The molecule has 3 heteroatoms. The van der Waals surface area contributed by atoms with Crippen LogP contribution in [0.25, 0.3) is 5.57 Å². The number of phenolic OH excluding ortho intramolecular Hbond substituents is 1. The van der Waals surface area contributed by atoms with Gasteiger partial charge in [0.2, 0.25) is 0 Å². The Bertz CT molecular complexity index is 1030. The molecule has 0 spiro atoms. The van der Waals surface area contributed by atoms with Crippen LogP contribution < -0.4 is 0 Å². The number of piperidine rings is 1. The highest BCUT2D eigenvalue weighted by Gasteiger charge is 2.30. The topological polar surface area (TPSA) is 43.7 Å². The minimum atomic E-state index is -0.128. The number of phenols is 1. The third-order valence-electron chi connectivity index (χ3n) is 7.35. The lowest BCUT2D eigenvalue weighted by atomic mass is 9.71. The number of aliphatic hydroxyl groups is 1. The van der Waals surface area contributed by atoms with E-state index >= 15 is 0 Å². The van der Waals surface area contributed by atoms with Crippen molar-refractivity contribution >= 4 is 5.57 Å². The van der Waals surface area contributed by atoms with Crippen molar-refractivity contribution in [1.82, 2.24) is 4.90 Å². The van der Waals surface area contributed by atoms with Gasteiger partial charge in [-0.3, -0.25) is 0 Å². The number of aliphatic hydroxyl groups excluding tert-OH is 1. The van der Waals surface area contributed by atoms with Crippen molar-refractivity contribution in [3.05, 3.63) is 95.1 Å². The molecule has 0 amide bonds. The van der Waals surface area contributed by atoms with Gasteiger partial charge in [0.25, 0.3) is 0 Å². The monoisotopic (exact) mass is 443 g/mol. The lowest BCUT2D eigenvalue weighted by Gasteiger charge is -2.33. The minimum Gasteiger partial charge on any atom is -0.508 e. The van der Waals surface area contributed by atoms with Crippen LogP contribution in [-0.2, 0) is 0 Å². The Balaban J connectivity index is 1.80. The fourth-order valence-corrected chi connectivity index (χ4v) is 5.34. The van der Waals surface area contributed by atoms with Crippen LogP contribution >= 0.6 is 0 Å². The number of benzene rings is 2. The van der Waals surface area contributed by atoms with Gasteiger partial charge in [0.05, 0.1) is 0 Å². The summed E-state index contributed by atoms with van der Waals surface area (Å²) in [5.41, 5.74) is 5.99. The number of hydrogen-bond donors (Lipinski definition) is 2. The second kappa shape index (κ2) is 10.5. The molecule has 2 aliphatic rings. The minimum absolute atomic E-state index is 0.128. The van der Waals surface area contributed by atoms with Gasteiger partial charge in [0, 0.05) is 12.0 Å². The Morgan fingerprint density at radius 1 is 1.03 bits per heavy atom. The van der Waals surface area contributed by atoms with Gasteiger partial charge in [-0.2, -0.15) is 0 Å². The zero-order chi connectivity index (χ0) is 23.3. The molecule has 174 valence electrons. The van der Waals surface area contributed by atoms with Crippen LogP contribution in [0.15, 0.2) is 78.4 Å². The van der Waals surface area contributed by atoms with Crippen molar-refractivity contribution in [2.24, 2.45) is 5.41 Å². The fraction of sp³-hybridized carbons (Fsp3) is 0.400. The van der Waals surface area contributed by atoms with Gasteiger partial charge in [-0.05, 0) is 92.6 Å². The lowest BCUT2D eigenvalue weighted by Crippen LogP contribution is -2.29. The number of likely N-dealkylation sites (tertiary alicyclic amines) is 1. The molecule has 1 unspecified atom stereocenters. The Hall–Kier alpha value is -2.62. The molecule has 4 rings (SSSR count). The molecule has 1 saturated heterocycles. The summed E-state index contributed by atoms with van der Waals surface area (Å²) in [6.45, 7) is 4.77. The summed E-state index contributed by atoms with van der Waals surface area (Å²) in [5.74, 6) is 0.903. The first-order valence-electron chi connectivity index (χ1n) is 12.3. The lowest BCUT2D eigenvalue weighted by molar-refractivity contribution is 0.255. The molecule has 2 N–H and O–H groups in total. The summed E-state index contributed by atoms with van der Waals surface area (Å²) in [4.78, 5) is 2.41. The third kappa shape index (κ3) is 5.48. The quantitative estimate of drug-likeness (QED) is 0.528. The molecule has 1 fully saturated rings. The van der Waals surface area contributed by atoms with E-state index in [1.54, 1.807) is 6.07 Å². The van der Waals surface area contributed by atoms with Crippen molar-refractivity contribution in [3.63, 3.8) is 0 Å². The number of rotatable bonds is 7. The Morgan fingerprint density at radius 3 is 2.42 bits per heavy atom. The second-order valence-electron chi connectivity index (χ2n) is 9.84. The average Bonchev–Trinajstić information content (AvgIpc) is 2.83. The Morgan fingerprint density at radius 2 is 1.79 bits per heavy atom. The molecule has 2 aromatic carbocycles. The highest BCUT2D eigenvalue weighted by molar-refractivity contribution is 5.84. The Kier molecular flexibility index (Phi) is 7.52. The van der Waals surface area contributed by atoms with Gasteiger partial charge in [-0.1, -0.05) is 73.2 Å². The summed E-state index contributed by atoms with van der Waals surface area (Å²) in [5, 5.41) is 20.0. The van der Waals surface area contributed by atoms with E-state index in [-0.39, 0.29) is 17.8 Å². The molecule has 2 aromatic rings. The summed E-state index contributed by atoms with van der Waals surface area (Å²) >= 11 is 0. The van der Waals surface area contributed by atoms with Crippen molar-refractivity contribution in [1.29, 1.82) is 0 Å². The number of aromatic hydroxyl groups is 1. The standard InChI is InChI=1S/C30H37NO2/c1-30(17-4-3-5-18-30)28(10-7-21-32)29(26-8-6-9-27(33)22-26)25-13-11-23(12-14-25)24-15-19-31(2)20-16-24/h3-6,8-9,11-14,17,22,24,32-33H,7,10,15-16,18-21H2,1-2H3/b29-28+. The smallest absolute Gasteiger partial charge is 0.116 e. The van der Waals surface area contributed by atoms with Crippen LogP contribution in [0.1, 0.15) is 61.6 Å². The summed E-state index contributed by atoms with van der Waals surface area (Å²) in [6.07, 6.45) is 13.6.